The summed E-state index contributed by atoms with van der Waals surface area (Å²) in [6, 6.07) is -0.335. The van der Waals surface area contributed by atoms with Gasteiger partial charge in [-0.05, 0) is 25.8 Å². The standard InChI is InChI=1S/C15H22N6O3/c1-4-15(3)13(23)21(14(24)17-15)18-12(22)9-19-7-11(8-19)20-6-10(2)5-16-20/h5-6,11H,4,7-9H2,1-3H3,(H,17,24)(H,18,22). The molecule has 2 saturated heterocycles. The zero-order chi connectivity index (χ0) is 17.5. The van der Waals surface area contributed by atoms with Crippen LogP contribution in [-0.2, 0) is 9.59 Å². The SMILES string of the molecule is CCC1(C)NC(=O)N(NC(=O)CN2CC(n3cc(C)cn3)C2)C1=O. The van der Waals surface area contributed by atoms with E-state index in [1.807, 2.05) is 22.7 Å². The van der Waals surface area contributed by atoms with Crippen LogP contribution in [0.1, 0.15) is 31.9 Å². The van der Waals surface area contributed by atoms with Crippen molar-refractivity contribution in [3.63, 3.8) is 0 Å². The van der Waals surface area contributed by atoms with Crippen LogP contribution in [-0.4, -0.2) is 62.7 Å². The van der Waals surface area contributed by atoms with Crippen LogP contribution in [0.3, 0.4) is 0 Å². The van der Waals surface area contributed by atoms with Gasteiger partial charge in [-0.15, -0.1) is 0 Å². The van der Waals surface area contributed by atoms with Gasteiger partial charge in [0, 0.05) is 19.3 Å². The average Bonchev–Trinajstić information content (AvgIpc) is 3.00. The molecular formula is C15H22N6O3. The van der Waals surface area contributed by atoms with Crippen molar-refractivity contribution in [3.8, 4) is 0 Å². The number of nitrogens with one attached hydrogen (secondary N) is 2. The van der Waals surface area contributed by atoms with Gasteiger partial charge in [0.05, 0.1) is 18.8 Å². The van der Waals surface area contributed by atoms with Crippen LogP contribution in [0.15, 0.2) is 12.4 Å². The lowest BCUT2D eigenvalue weighted by Gasteiger charge is -2.38. The molecule has 0 aromatic carbocycles. The van der Waals surface area contributed by atoms with Gasteiger partial charge in [-0.1, -0.05) is 6.92 Å². The van der Waals surface area contributed by atoms with Gasteiger partial charge in [0.25, 0.3) is 11.8 Å². The molecule has 4 amide bonds. The number of nitrogens with zero attached hydrogens (tertiary/aromatic N) is 4. The number of rotatable bonds is 5. The Morgan fingerprint density at radius 2 is 2.17 bits per heavy atom. The summed E-state index contributed by atoms with van der Waals surface area (Å²) in [6.45, 7) is 6.99. The number of amides is 4. The maximum Gasteiger partial charge on any atom is 0.344 e. The van der Waals surface area contributed by atoms with E-state index < -0.39 is 17.5 Å². The topological polar surface area (TPSA) is 99.6 Å². The summed E-state index contributed by atoms with van der Waals surface area (Å²) in [5, 5.41) is 7.64. The Morgan fingerprint density at radius 3 is 2.71 bits per heavy atom. The molecule has 0 saturated carbocycles. The van der Waals surface area contributed by atoms with Crippen molar-refractivity contribution in [3.05, 3.63) is 18.0 Å². The van der Waals surface area contributed by atoms with Crippen LogP contribution in [0.25, 0.3) is 0 Å². The van der Waals surface area contributed by atoms with Gasteiger partial charge in [-0.2, -0.15) is 10.1 Å². The number of imide groups is 1. The molecule has 2 fully saturated rings. The maximum absolute atomic E-state index is 12.2. The summed E-state index contributed by atoms with van der Waals surface area (Å²) >= 11 is 0. The maximum atomic E-state index is 12.2. The second-order valence-electron chi connectivity index (χ2n) is 6.64. The molecule has 130 valence electrons. The quantitative estimate of drug-likeness (QED) is 0.727. The molecule has 9 heteroatoms. The van der Waals surface area contributed by atoms with Crippen molar-refractivity contribution in [2.75, 3.05) is 19.6 Å². The third kappa shape index (κ3) is 2.86. The number of carbonyl (C=O) groups is 3. The van der Waals surface area contributed by atoms with Crippen molar-refractivity contribution in [1.29, 1.82) is 0 Å². The number of carbonyl (C=O) groups excluding carboxylic acids is 3. The van der Waals surface area contributed by atoms with Crippen LogP contribution in [0.5, 0.6) is 0 Å². The van der Waals surface area contributed by atoms with E-state index in [-0.39, 0.29) is 18.5 Å². The third-order valence-electron chi connectivity index (χ3n) is 4.61. The Balaban J connectivity index is 1.49. The lowest BCUT2D eigenvalue weighted by Crippen LogP contribution is -2.55. The molecule has 2 aliphatic heterocycles. The molecule has 0 aliphatic carbocycles. The molecular weight excluding hydrogens is 312 g/mol. The van der Waals surface area contributed by atoms with Crippen LogP contribution in [0.2, 0.25) is 0 Å². The first kappa shape index (κ1) is 16.4. The second kappa shape index (κ2) is 5.90. The summed E-state index contributed by atoms with van der Waals surface area (Å²) in [6.07, 6.45) is 4.24. The molecule has 9 nitrogen and oxygen atoms in total. The molecule has 1 atom stereocenters. The van der Waals surface area contributed by atoms with Gasteiger partial charge in [0.2, 0.25) is 0 Å². The van der Waals surface area contributed by atoms with Crippen molar-refractivity contribution >= 4 is 17.8 Å². The highest BCUT2D eigenvalue weighted by atomic mass is 16.2. The van der Waals surface area contributed by atoms with Gasteiger partial charge >= 0.3 is 6.03 Å². The molecule has 2 N–H and O–H groups in total. The van der Waals surface area contributed by atoms with E-state index in [1.165, 1.54) is 0 Å². The minimum Gasteiger partial charge on any atom is -0.322 e. The molecule has 3 heterocycles. The minimum absolute atomic E-state index is 0.136. The van der Waals surface area contributed by atoms with Gasteiger partial charge in [0.15, 0.2) is 0 Å². The molecule has 1 unspecified atom stereocenters. The van der Waals surface area contributed by atoms with Crippen molar-refractivity contribution in [2.24, 2.45) is 0 Å². The van der Waals surface area contributed by atoms with Gasteiger partial charge in [-0.3, -0.25) is 24.6 Å². The largest absolute Gasteiger partial charge is 0.344 e. The lowest BCUT2D eigenvalue weighted by molar-refractivity contribution is -0.139. The lowest BCUT2D eigenvalue weighted by atomic mass is 10.00. The molecule has 24 heavy (non-hydrogen) atoms. The van der Waals surface area contributed by atoms with Crippen LogP contribution >= 0.6 is 0 Å². The van der Waals surface area contributed by atoms with Crippen molar-refractivity contribution in [2.45, 2.75) is 38.8 Å². The summed E-state index contributed by atoms with van der Waals surface area (Å²) in [7, 11) is 0. The Labute approximate surface area is 139 Å². The van der Waals surface area contributed by atoms with Crippen LogP contribution in [0.4, 0.5) is 4.79 Å². The third-order valence-corrected chi connectivity index (χ3v) is 4.61. The number of likely N-dealkylation sites (tertiary alicyclic amines) is 1. The first-order chi connectivity index (χ1) is 11.3. The Bertz CT molecular complexity index is 681. The number of hydrogen-bond donors (Lipinski definition) is 2. The zero-order valence-electron chi connectivity index (χ0n) is 14.1. The summed E-state index contributed by atoms with van der Waals surface area (Å²) in [5.74, 6) is -0.814. The van der Waals surface area contributed by atoms with Gasteiger partial charge in [0.1, 0.15) is 5.54 Å². The van der Waals surface area contributed by atoms with Crippen LogP contribution < -0.4 is 10.7 Å². The molecule has 1 aromatic heterocycles. The second-order valence-corrected chi connectivity index (χ2v) is 6.64. The highest BCUT2D eigenvalue weighted by molar-refractivity contribution is 6.07. The predicted octanol–water partition coefficient (Wildman–Crippen LogP) is -0.200. The predicted molar refractivity (Wildman–Crippen MR) is 84.7 cm³/mol. The summed E-state index contributed by atoms with van der Waals surface area (Å²) in [4.78, 5) is 38.1. The fraction of sp³-hybridized carbons (Fsp3) is 0.600. The number of urea groups is 1. The summed E-state index contributed by atoms with van der Waals surface area (Å²) in [5.41, 5.74) is 2.54. The van der Waals surface area contributed by atoms with E-state index in [0.717, 1.165) is 10.6 Å². The molecule has 1 aromatic rings. The number of hydrazine groups is 1. The number of aromatic nitrogens is 2. The first-order valence-electron chi connectivity index (χ1n) is 8.01. The molecule has 3 rings (SSSR count). The van der Waals surface area contributed by atoms with Crippen molar-refractivity contribution in [1.82, 2.24) is 30.4 Å². The molecule has 0 radical (unpaired) electrons. The Kier molecular flexibility index (Phi) is 4.04. The fourth-order valence-electron chi connectivity index (χ4n) is 2.86. The van der Waals surface area contributed by atoms with Gasteiger partial charge < -0.3 is 5.32 Å². The number of hydrogen-bond acceptors (Lipinski definition) is 5. The average molecular weight is 334 g/mol. The van der Waals surface area contributed by atoms with E-state index in [0.29, 0.717) is 19.5 Å². The van der Waals surface area contributed by atoms with E-state index in [1.54, 1.807) is 20.0 Å². The Hall–Kier alpha value is -2.42. The van der Waals surface area contributed by atoms with E-state index in [9.17, 15) is 14.4 Å². The van der Waals surface area contributed by atoms with E-state index in [2.05, 4.69) is 15.8 Å². The fourth-order valence-corrected chi connectivity index (χ4v) is 2.86. The minimum atomic E-state index is -0.954. The molecule has 2 aliphatic rings. The highest BCUT2D eigenvalue weighted by Gasteiger charge is 2.47. The normalized spacial score (nSPS) is 24.9. The van der Waals surface area contributed by atoms with Gasteiger partial charge in [-0.25, -0.2) is 4.79 Å². The zero-order valence-corrected chi connectivity index (χ0v) is 14.1. The summed E-state index contributed by atoms with van der Waals surface area (Å²) < 4.78 is 1.90. The highest BCUT2D eigenvalue weighted by Crippen LogP contribution is 2.21. The smallest absolute Gasteiger partial charge is 0.322 e. The van der Waals surface area contributed by atoms with Crippen LogP contribution in [0, 0.1) is 6.92 Å². The van der Waals surface area contributed by atoms with E-state index >= 15 is 0 Å². The van der Waals surface area contributed by atoms with Crippen molar-refractivity contribution < 1.29 is 14.4 Å². The molecule has 0 bridgehead atoms. The molecule has 0 spiro atoms. The van der Waals surface area contributed by atoms with E-state index in [4.69, 9.17) is 0 Å². The number of aryl methyl sites for hydroxylation is 1. The Morgan fingerprint density at radius 1 is 1.46 bits per heavy atom. The monoisotopic (exact) mass is 334 g/mol. The first-order valence-corrected chi connectivity index (χ1v) is 8.01.